The first-order chi connectivity index (χ1) is 19.7. The van der Waals surface area contributed by atoms with E-state index in [1.165, 1.54) is 23.5 Å². The molecular formula is C30H21N5O5S. The summed E-state index contributed by atoms with van der Waals surface area (Å²) in [7, 11) is 0. The molecule has 3 N–H and O–H groups in total. The van der Waals surface area contributed by atoms with Gasteiger partial charge < -0.3 is 20.2 Å². The zero-order valence-corrected chi connectivity index (χ0v) is 22.4. The number of aryl methyl sites for hydroxylation is 1. The van der Waals surface area contributed by atoms with Gasteiger partial charge in [0.25, 0.3) is 17.5 Å². The van der Waals surface area contributed by atoms with Gasteiger partial charge in [-0.25, -0.2) is 0 Å². The fourth-order valence-corrected chi connectivity index (χ4v) is 7.70. The van der Waals surface area contributed by atoms with Gasteiger partial charge in [-0.1, -0.05) is 0 Å². The summed E-state index contributed by atoms with van der Waals surface area (Å²) >= 11 is 1.49. The number of nitrogens with zero attached hydrogens (tertiary/aromatic N) is 2. The van der Waals surface area contributed by atoms with Gasteiger partial charge in [0.15, 0.2) is 5.78 Å². The third-order valence-corrected chi connectivity index (χ3v) is 9.70. The van der Waals surface area contributed by atoms with Crippen LogP contribution in [0.2, 0.25) is 0 Å². The zero-order valence-electron chi connectivity index (χ0n) is 21.6. The number of piperidine rings is 1. The number of benzene rings is 2. The molecule has 1 aliphatic heterocycles. The number of hydrogen-bond acceptors (Lipinski definition) is 6. The molecule has 3 aliphatic rings. The molecule has 2 aliphatic carbocycles. The van der Waals surface area contributed by atoms with Crippen molar-refractivity contribution in [3.8, 4) is 0 Å². The van der Waals surface area contributed by atoms with E-state index in [9.17, 15) is 24.5 Å². The Kier molecular flexibility index (Phi) is 4.66. The van der Waals surface area contributed by atoms with Crippen LogP contribution >= 0.6 is 11.3 Å². The molecule has 1 saturated carbocycles. The van der Waals surface area contributed by atoms with Gasteiger partial charge in [0.05, 0.1) is 9.80 Å². The number of nitro benzene ring substituents is 1. The molecule has 4 heterocycles. The lowest BCUT2D eigenvalue weighted by Gasteiger charge is -2.28. The van der Waals surface area contributed by atoms with Gasteiger partial charge in [-0.2, -0.15) is 0 Å². The number of rotatable bonds is 4. The number of likely N-dealkylation sites (tertiary alicyclic amines) is 1. The number of aromatic amines is 2. The maximum absolute atomic E-state index is 13.7. The minimum Gasteiger partial charge on any atom is -0.351 e. The smallest absolute Gasteiger partial charge is 0.274 e. The van der Waals surface area contributed by atoms with Crippen molar-refractivity contribution in [3.05, 3.63) is 103 Å². The van der Waals surface area contributed by atoms with Crippen LogP contribution in [0.3, 0.4) is 0 Å². The van der Waals surface area contributed by atoms with E-state index < -0.39 is 10.8 Å². The summed E-state index contributed by atoms with van der Waals surface area (Å²) in [4.78, 5) is 58.9. The second kappa shape index (κ2) is 8.01. The summed E-state index contributed by atoms with van der Waals surface area (Å²) in [6.07, 6.45) is 2.62. The van der Waals surface area contributed by atoms with Gasteiger partial charge in [-0.15, -0.1) is 11.3 Å². The molecular weight excluding hydrogens is 542 g/mol. The molecule has 1 spiro atoms. The molecule has 11 heteroatoms. The number of aromatic nitrogens is 2. The molecule has 8 rings (SSSR count). The molecule has 3 aromatic heterocycles. The van der Waals surface area contributed by atoms with Gasteiger partial charge in [-0.3, -0.25) is 24.5 Å². The zero-order chi connectivity index (χ0) is 28.2. The van der Waals surface area contributed by atoms with Gasteiger partial charge in [-0.05, 0) is 72.2 Å². The summed E-state index contributed by atoms with van der Waals surface area (Å²) in [5, 5.41) is 17.3. The third kappa shape index (κ3) is 3.32. The number of allylic oxidation sites excluding steroid dienone is 2. The van der Waals surface area contributed by atoms with Crippen LogP contribution in [0.5, 0.6) is 0 Å². The van der Waals surface area contributed by atoms with Crippen molar-refractivity contribution in [3.63, 3.8) is 0 Å². The predicted octanol–water partition coefficient (Wildman–Crippen LogP) is 5.67. The number of anilines is 1. The number of thiophene rings is 1. The predicted molar refractivity (Wildman–Crippen MR) is 153 cm³/mol. The van der Waals surface area contributed by atoms with E-state index in [0.717, 1.165) is 39.0 Å². The van der Waals surface area contributed by atoms with Crippen LogP contribution in [0.4, 0.5) is 11.4 Å². The van der Waals surface area contributed by atoms with Crippen LogP contribution < -0.4 is 5.32 Å². The Balaban J connectivity index is 1.05. The van der Waals surface area contributed by atoms with Crippen molar-refractivity contribution in [2.75, 3.05) is 11.9 Å². The standard InChI is InChI=1S/C30H21N5O5S/c1-14-13-41-27-24(36)10-25-30(26(14)27)11-17(30)12-34(25)29(38)23-9-15-6-18(2-4-20(15)33-23)31-28(37)22-8-16-7-19(35(39)40)3-5-21(16)32-22/h2-10,13,17,32-33H,11-12H2,1H3,(H,31,37)/t17-,30+/m1/s1. The summed E-state index contributed by atoms with van der Waals surface area (Å²) in [5.74, 6) is -0.288. The number of non-ortho nitro benzene ring substituents is 1. The average molecular weight is 564 g/mol. The number of hydrogen-bond donors (Lipinski definition) is 3. The molecule has 41 heavy (non-hydrogen) atoms. The lowest BCUT2D eigenvalue weighted by Crippen LogP contribution is -2.33. The fraction of sp³-hybridized carbons (Fsp3) is 0.167. The van der Waals surface area contributed by atoms with Gasteiger partial charge in [0.2, 0.25) is 0 Å². The lowest BCUT2D eigenvalue weighted by molar-refractivity contribution is -0.384. The molecule has 2 aromatic carbocycles. The Morgan fingerprint density at radius 3 is 2.61 bits per heavy atom. The van der Waals surface area contributed by atoms with Crippen molar-refractivity contribution in [2.45, 2.75) is 18.8 Å². The topological polar surface area (TPSA) is 141 Å². The largest absolute Gasteiger partial charge is 0.351 e. The SMILES string of the molecule is Cc1csc2c1[C@@]13C[C@@H]1CN(C(=O)c1cc4cc(NC(=O)c5cc6cc([N+](=O)[O-])ccc6[nH]5)ccc4[nH]1)C3=CC2=O. The van der Waals surface area contributed by atoms with E-state index in [1.54, 1.807) is 47.4 Å². The number of amides is 2. The van der Waals surface area contributed by atoms with E-state index in [4.69, 9.17) is 0 Å². The van der Waals surface area contributed by atoms with E-state index in [0.29, 0.717) is 34.7 Å². The number of carbonyl (C=O) groups is 3. The number of carbonyl (C=O) groups excluding carboxylic acids is 3. The first-order valence-electron chi connectivity index (χ1n) is 13.1. The summed E-state index contributed by atoms with van der Waals surface area (Å²) in [6.45, 7) is 2.62. The highest BCUT2D eigenvalue weighted by Gasteiger charge is 2.68. The number of nitrogens with one attached hydrogen (secondary N) is 3. The number of nitro groups is 1. The van der Waals surface area contributed by atoms with E-state index in [1.807, 2.05) is 12.3 Å². The third-order valence-electron chi connectivity index (χ3n) is 8.58. The van der Waals surface area contributed by atoms with Crippen molar-refractivity contribution >= 4 is 62.1 Å². The molecule has 2 amide bonds. The maximum atomic E-state index is 13.7. The normalized spacial score (nSPS) is 20.5. The Hall–Kier alpha value is -5.03. The average Bonchev–Trinajstić information content (AvgIpc) is 3.40. The Labute approximate surface area is 235 Å². The Morgan fingerprint density at radius 2 is 1.80 bits per heavy atom. The number of ketones is 1. The molecule has 0 bridgehead atoms. The maximum Gasteiger partial charge on any atom is 0.274 e. The fourth-order valence-electron chi connectivity index (χ4n) is 6.65. The Morgan fingerprint density at radius 1 is 1.07 bits per heavy atom. The number of H-pyrrole nitrogens is 2. The van der Waals surface area contributed by atoms with Gasteiger partial charge in [0.1, 0.15) is 11.4 Å². The van der Waals surface area contributed by atoms with Crippen LogP contribution in [0, 0.1) is 23.0 Å². The van der Waals surface area contributed by atoms with Crippen molar-refractivity contribution in [1.29, 1.82) is 0 Å². The number of fused-ring (bicyclic) bond motifs is 3. The highest BCUT2D eigenvalue weighted by Crippen LogP contribution is 2.68. The van der Waals surface area contributed by atoms with Gasteiger partial charge >= 0.3 is 0 Å². The van der Waals surface area contributed by atoms with E-state index in [-0.39, 0.29) is 28.5 Å². The van der Waals surface area contributed by atoms with Crippen molar-refractivity contribution < 1.29 is 19.3 Å². The van der Waals surface area contributed by atoms with Crippen LogP contribution in [0.1, 0.15) is 48.2 Å². The first kappa shape index (κ1) is 23.8. The summed E-state index contributed by atoms with van der Waals surface area (Å²) in [6, 6.07) is 13.0. The molecule has 2 atom stereocenters. The van der Waals surface area contributed by atoms with Crippen molar-refractivity contribution in [2.24, 2.45) is 5.92 Å². The second-order valence-electron chi connectivity index (χ2n) is 11.0. The summed E-state index contributed by atoms with van der Waals surface area (Å²) < 4.78 is 0. The van der Waals surface area contributed by atoms with Crippen LogP contribution in [-0.2, 0) is 5.41 Å². The molecule has 10 nitrogen and oxygen atoms in total. The first-order valence-corrected chi connectivity index (χ1v) is 14.0. The highest BCUT2D eigenvalue weighted by molar-refractivity contribution is 7.12. The monoisotopic (exact) mass is 563 g/mol. The van der Waals surface area contributed by atoms with E-state index >= 15 is 0 Å². The lowest BCUT2D eigenvalue weighted by atomic mass is 9.84. The minimum absolute atomic E-state index is 0.0331. The van der Waals surface area contributed by atoms with Crippen molar-refractivity contribution in [1.82, 2.24) is 14.9 Å². The molecule has 202 valence electrons. The molecule has 2 fully saturated rings. The molecule has 0 radical (unpaired) electrons. The minimum atomic E-state index is -0.478. The van der Waals surface area contributed by atoms with Crippen LogP contribution in [-0.4, -0.2) is 43.9 Å². The second-order valence-corrected chi connectivity index (χ2v) is 11.8. The highest BCUT2D eigenvalue weighted by atomic mass is 32.1. The van der Waals surface area contributed by atoms with E-state index in [2.05, 4.69) is 15.3 Å². The van der Waals surface area contributed by atoms with Gasteiger partial charge in [0, 0.05) is 63.4 Å². The molecule has 5 aromatic rings. The quantitative estimate of drug-likeness (QED) is 0.191. The van der Waals surface area contributed by atoms with Crippen LogP contribution in [0.15, 0.2) is 65.7 Å². The molecule has 1 saturated heterocycles. The Bertz CT molecular complexity index is 2070. The van der Waals surface area contributed by atoms with Crippen LogP contribution in [0.25, 0.3) is 21.8 Å². The molecule has 0 unspecified atom stereocenters. The summed E-state index contributed by atoms with van der Waals surface area (Å²) in [5.41, 5.74) is 5.34.